The second-order valence-electron chi connectivity index (χ2n) is 7.19. The Labute approximate surface area is 174 Å². The first kappa shape index (κ1) is 18.0. The van der Waals surface area contributed by atoms with Crippen LogP contribution in [0.25, 0.3) is 5.70 Å². The van der Waals surface area contributed by atoms with Gasteiger partial charge < -0.3 is 5.32 Å². The summed E-state index contributed by atoms with van der Waals surface area (Å²) in [6.45, 7) is 0. The molecule has 1 saturated heterocycles. The monoisotopic (exact) mass is 396 g/mol. The fourth-order valence-corrected chi connectivity index (χ4v) is 3.97. The van der Waals surface area contributed by atoms with Crippen molar-refractivity contribution in [3.05, 3.63) is 114 Å². The third-order valence-electron chi connectivity index (χ3n) is 5.37. The molecule has 6 nitrogen and oxygen atoms in total. The number of benzene rings is 3. The highest BCUT2D eigenvalue weighted by Crippen LogP contribution is 2.41. The summed E-state index contributed by atoms with van der Waals surface area (Å²) in [6.07, 6.45) is 1.82. The topological polar surface area (TPSA) is 64.7 Å². The number of carbonyl (C=O) groups is 2. The summed E-state index contributed by atoms with van der Waals surface area (Å²) < 4.78 is 0. The summed E-state index contributed by atoms with van der Waals surface area (Å²) >= 11 is 0. The standard InChI is InChI=1S/C24H20N4O2/c29-23(19-14-8-3-9-15-19)26-21-22(18-12-6-2-7-13-18)27-20(16-25-28(27)24(21)30)17-10-4-1-5-11-17/h1-16,21-22,25H,(H,26,29)/t21-,22-/m0/s1. The minimum Gasteiger partial charge on any atom is -0.338 e. The van der Waals surface area contributed by atoms with Crippen molar-refractivity contribution in [1.82, 2.24) is 20.9 Å². The van der Waals surface area contributed by atoms with E-state index in [1.165, 1.54) is 5.12 Å². The van der Waals surface area contributed by atoms with Crippen LogP contribution in [0.1, 0.15) is 27.5 Å². The maximum absolute atomic E-state index is 13.3. The second-order valence-corrected chi connectivity index (χ2v) is 7.19. The fourth-order valence-electron chi connectivity index (χ4n) is 3.97. The van der Waals surface area contributed by atoms with Gasteiger partial charge in [0, 0.05) is 17.3 Å². The fraction of sp³-hybridized carbons (Fsp3) is 0.0833. The molecule has 2 aliphatic rings. The zero-order valence-electron chi connectivity index (χ0n) is 16.1. The highest BCUT2D eigenvalue weighted by molar-refractivity contribution is 5.99. The van der Waals surface area contributed by atoms with Crippen molar-refractivity contribution in [3.63, 3.8) is 0 Å². The average Bonchev–Trinajstić information content (AvgIpc) is 3.35. The predicted molar refractivity (Wildman–Crippen MR) is 113 cm³/mol. The molecule has 6 heteroatoms. The number of amides is 2. The lowest BCUT2D eigenvalue weighted by Gasteiger charge is -2.30. The van der Waals surface area contributed by atoms with E-state index in [4.69, 9.17) is 0 Å². The zero-order chi connectivity index (χ0) is 20.5. The molecule has 0 spiro atoms. The van der Waals surface area contributed by atoms with Gasteiger partial charge in [-0.2, -0.15) is 5.12 Å². The Morgan fingerprint density at radius 2 is 1.43 bits per heavy atom. The van der Waals surface area contributed by atoms with Gasteiger partial charge in [0.25, 0.3) is 11.8 Å². The molecule has 0 bridgehead atoms. The molecule has 0 saturated carbocycles. The summed E-state index contributed by atoms with van der Waals surface area (Å²) in [6, 6.07) is 27.5. The van der Waals surface area contributed by atoms with E-state index in [0.717, 1.165) is 16.8 Å². The molecule has 2 amide bonds. The van der Waals surface area contributed by atoms with E-state index in [1.54, 1.807) is 24.3 Å². The van der Waals surface area contributed by atoms with E-state index in [2.05, 4.69) is 10.7 Å². The molecular formula is C24H20N4O2. The summed E-state index contributed by atoms with van der Waals surface area (Å²) in [5, 5.41) is 6.36. The third kappa shape index (κ3) is 2.99. The maximum atomic E-state index is 13.3. The van der Waals surface area contributed by atoms with Gasteiger partial charge in [0.2, 0.25) is 0 Å². The van der Waals surface area contributed by atoms with Crippen molar-refractivity contribution in [3.8, 4) is 0 Å². The third-order valence-corrected chi connectivity index (χ3v) is 5.37. The number of hydrogen-bond acceptors (Lipinski definition) is 4. The van der Waals surface area contributed by atoms with Gasteiger partial charge >= 0.3 is 0 Å². The molecule has 30 heavy (non-hydrogen) atoms. The Balaban J connectivity index is 1.53. The summed E-state index contributed by atoms with van der Waals surface area (Å²) in [4.78, 5) is 26.1. The van der Waals surface area contributed by atoms with E-state index in [1.807, 2.05) is 77.9 Å². The number of nitrogens with one attached hydrogen (secondary N) is 2. The van der Waals surface area contributed by atoms with Gasteiger partial charge in [-0.25, -0.2) is 0 Å². The van der Waals surface area contributed by atoms with Crippen LogP contribution in [0.3, 0.4) is 0 Å². The van der Waals surface area contributed by atoms with Crippen molar-refractivity contribution >= 4 is 17.5 Å². The van der Waals surface area contributed by atoms with Crippen molar-refractivity contribution in [2.75, 3.05) is 0 Å². The molecule has 3 aromatic rings. The highest BCUT2D eigenvalue weighted by atomic mass is 16.2. The van der Waals surface area contributed by atoms with E-state index >= 15 is 0 Å². The molecule has 2 aliphatic heterocycles. The Morgan fingerprint density at radius 3 is 2.10 bits per heavy atom. The van der Waals surface area contributed by atoms with Crippen LogP contribution in [-0.2, 0) is 4.79 Å². The van der Waals surface area contributed by atoms with Crippen molar-refractivity contribution < 1.29 is 9.59 Å². The molecule has 0 radical (unpaired) electrons. The van der Waals surface area contributed by atoms with E-state index < -0.39 is 6.04 Å². The number of carbonyl (C=O) groups excluding carboxylic acids is 2. The van der Waals surface area contributed by atoms with Gasteiger partial charge in [-0.1, -0.05) is 78.9 Å². The Kier molecular flexibility index (Phi) is 4.44. The largest absolute Gasteiger partial charge is 0.338 e. The lowest BCUT2D eigenvalue weighted by Crippen LogP contribution is -2.45. The normalized spacial score (nSPS) is 19.9. The van der Waals surface area contributed by atoms with Crippen LogP contribution < -0.4 is 10.7 Å². The predicted octanol–water partition coefficient (Wildman–Crippen LogP) is 3.10. The van der Waals surface area contributed by atoms with Crippen LogP contribution in [-0.4, -0.2) is 28.0 Å². The van der Waals surface area contributed by atoms with Crippen LogP contribution in [0, 0.1) is 0 Å². The smallest absolute Gasteiger partial charge is 0.285 e. The Morgan fingerprint density at radius 1 is 0.833 bits per heavy atom. The highest BCUT2D eigenvalue weighted by Gasteiger charge is 2.51. The van der Waals surface area contributed by atoms with Crippen molar-refractivity contribution in [2.24, 2.45) is 0 Å². The lowest BCUT2D eigenvalue weighted by molar-refractivity contribution is -0.138. The minimum atomic E-state index is -0.736. The molecule has 0 unspecified atom stereocenters. The van der Waals surface area contributed by atoms with Crippen LogP contribution >= 0.6 is 0 Å². The molecule has 3 aromatic carbocycles. The molecule has 148 valence electrons. The molecule has 2 N–H and O–H groups in total. The number of fused-ring (bicyclic) bond motifs is 1. The molecule has 2 atom stereocenters. The summed E-state index contributed by atoms with van der Waals surface area (Å²) in [5.74, 6) is -0.488. The molecule has 0 aliphatic carbocycles. The maximum Gasteiger partial charge on any atom is 0.285 e. The van der Waals surface area contributed by atoms with Gasteiger partial charge in [0.1, 0.15) is 12.1 Å². The van der Waals surface area contributed by atoms with Gasteiger partial charge in [-0.15, -0.1) is 0 Å². The van der Waals surface area contributed by atoms with Gasteiger partial charge in [-0.3, -0.25) is 20.0 Å². The zero-order valence-corrected chi connectivity index (χ0v) is 16.1. The molecule has 0 aromatic heterocycles. The van der Waals surface area contributed by atoms with Crippen LogP contribution in [0.5, 0.6) is 0 Å². The van der Waals surface area contributed by atoms with Gasteiger partial charge in [0.15, 0.2) is 0 Å². The van der Waals surface area contributed by atoms with Crippen LogP contribution in [0.15, 0.2) is 97.2 Å². The van der Waals surface area contributed by atoms with E-state index in [0.29, 0.717) is 5.56 Å². The Bertz CT molecular complexity index is 1100. The molecular weight excluding hydrogens is 376 g/mol. The Hall–Kier alpha value is -4.06. The molecule has 1 fully saturated rings. The summed E-state index contributed by atoms with van der Waals surface area (Å²) in [7, 11) is 0. The average molecular weight is 396 g/mol. The number of nitrogens with zero attached hydrogens (tertiary/aromatic N) is 2. The first-order chi connectivity index (χ1) is 14.7. The van der Waals surface area contributed by atoms with Gasteiger partial charge in [0.05, 0.1) is 5.70 Å². The molecule has 5 rings (SSSR count). The first-order valence-corrected chi connectivity index (χ1v) is 9.80. The van der Waals surface area contributed by atoms with Crippen LogP contribution in [0.2, 0.25) is 0 Å². The first-order valence-electron chi connectivity index (χ1n) is 9.80. The summed E-state index contributed by atoms with van der Waals surface area (Å²) in [5.41, 5.74) is 6.37. The van der Waals surface area contributed by atoms with Crippen molar-refractivity contribution in [1.29, 1.82) is 0 Å². The number of hydrazine groups is 2. The molecule has 2 heterocycles. The number of rotatable bonds is 4. The SMILES string of the molecule is O=C(N[C@@H]1C(=O)N2NC=C(c3ccccc3)N2[C@H]1c1ccccc1)c1ccccc1. The van der Waals surface area contributed by atoms with E-state index in [9.17, 15) is 9.59 Å². The second kappa shape index (κ2) is 7.40. The van der Waals surface area contributed by atoms with E-state index in [-0.39, 0.29) is 17.9 Å². The minimum absolute atomic E-state index is 0.213. The van der Waals surface area contributed by atoms with Crippen LogP contribution in [0.4, 0.5) is 0 Å². The lowest BCUT2D eigenvalue weighted by atomic mass is 9.98. The van der Waals surface area contributed by atoms with Crippen molar-refractivity contribution in [2.45, 2.75) is 12.1 Å². The van der Waals surface area contributed by atoms with Gasteiger partial charge in [-0.05, 0) is 17.7 Å². The number of hydrogen-bond donors (Lipinski definition) is 2. The quantitative estimate of drug-likeness (QED) is 0.711.